The molecule has 1 saturated carbocycles. The van der Waals surface area contributed by atoms with Gasteiger partial charge in [0.25, 0.3) is 5.91 Å². The monoisotopic (exact) mass is 336 g/mol. The molecule has 1 N–H and O–H groups in total. The second-order valence-corrected chi connectivity index (χ2v) is 7.07. The maximum absolute atomic E-state index is 12.9. The Hall–Kier alpha value is -2.63. The highest BCUT2D eigenvalue weighted by atomic mass is 16.3. The standard InChI is InChI=1S/C19H20N4O2/c24-19(16-17(12-7-8-12)25-11-20-16)23-9-3-4-13(10-23)18-21-14-5-1-2-6-15(14)22-18/h1-2,5-6,11-13H,3-4,7-10H2,(H,21,22)/t13-/m1/s1. The maximum atomic E-state index is 12.9. The Labute approximate surface area is 145 Å². The van der Waals surface area contributed by atoms with Crippen LogP contribution in [0.2, 0.25) is 0 Å². The van der Waals surface area contributed by atoms with Crippen molar-refractivity contribution >= 4 is 16.9 Å². The molecule has 1 aromatic carbocycles. The highest BCUT2D eigenvalue weighted by Crippen LogP contribution is 2.42. The lowest BCUT2D eigenvalue weighted by atomic mass is 9.97. The first-order chi connectivity index (χ1) is 12.3. The van der Waals surface area contributed by atoms with Gasteiger partial charge in [-0.05, 0) is 37.8 Å². The average Bonchev–Trinajstić information content (AvgIpc) is 3.22. The van der Waals surface area contributed by atoms with Gasteiger partial charge >= 0.3 is 0 Å². The number of carbonyl (C=O) groups excluding carboxylic acids is 1. The second kappa shape index (κ2) is 5.72. The van der Waals surface area contributed by atoms with E-state index in [0.717, 1.165) is 54.8 Å². The van der Waals surface area contributed by atoms with Crippen LogP contribution in [0.4, 0.5) is 0 Å². The number of oxazole rings is 1. The number of piperidine rings is 1. The SMILES string of the molecule is O=C(c1ncoc1C1CC1)N1CCC[C@@H](c2nc3ccccc3[nH]2)C1. The third kappa shape index (κ3) is 2.62. The molecular weight excluding hydrogens is 316 g/mol. The molecule has 0 spiro atoms. The summed E-state index contributed by atoms with van der Waals surface area (Å²) in [5.74, 6) is 2.37. The van der Waals surface area contributed by atoms with Crippen molar-refractivity contribution in [1.82, 2.24) is 19.9 Å². The van der Waals surface area contributed by atoms with Gasteiger partial charge in [0.15, 0.2) is 12.1 Å². The van der Waals surface area contributed by atoms with Crippen LogP contribution in [0, 0.1) is 0 Å². The zero-order valence-electron chi connectivity index (χ0n) is 13.9. The number of hydrogen-bond acceptors (Lipinski definition) is 4. The van der Waals surface area contributed by atoms with E-state index in [2.05, 4.69) is 9.97 Å². The van der Waals surface area contributed by atoms with Crippen molar-refractivity contribution in [3.8, 4) is 0 Å². The first kappa shape index (κ1) is 14.7. The first-order valence-corrected chi connectivity index (χ1v) is 8.97. The molecule has 1 aliphatic carbocycles. The summed E-state index contributed by atoms with van der Waals surface area (Å²) in [6.45, 7) is 1.45. The number of imidazole rings is 1. The number of H-pyrrole nitrogens is 1. The van der Waals surface area contributed by atoms with Gasteiger partial charge in [-0.3, -0.25) is 4.79 Å². The van der Waals surface area contributed by atoms with Gasteiger partial charge < -0.3 is 14.3 Å². The van der Waals surface area contributed by atoms with E-state index in [4.69, 9.17) is 9.40 Å². The topological polar surface area (TPSA) is 75.0 Å². The summed E-state index contributed by atoms with van der Waals surface area (Å²) in [5.41, 5.74) is 2.54. The number of aromatic amines is 1. The van der Waals surface area contributed by atoms with Gasteiger partial charge in [0, 0.05) is 24.9 Å². The first-order valence-electron chi connectivity index (χ1n) is 8.97. The van der Waals surface area contributed by atoms with E-state index in [1.165, 1.54) is 6.39 Å². The maximum Gasteiger partial charge on any atom is 0.276 e. The fourth-order valence-corrected chi connectivity index (χ4v) is 3.75. The number of amides is 1. The highest BCUT2D eigenvalue weighted by Gasteiger charge is 2.35. The van der Waals surface area contributed by atoms with E-state index in [1.54, 1.807) is 0 Å². The minimum absolute atomic E-state index is 0.00328. The summed E-state index contributed by atoms with van der Waals surface area (Å²) in [6, 6.07) is 8.05. The molecule has 3 heterocycles. The number of rotatable bonds is 3. The molecule has 128 valence electrons. The van der Waals surface area contributed by atoms with Crippen LogP contribution in [0.25, 0.3) is 11.0 Å². The van der Waals surface area contributed by atoms with Gasteiger partial charge in [-0.15, -0.1) is 0 Å². The molecule has 2 fully saturated rings. The highest BCUT2D eigenvalue weighted by molar-refractivity contribution is 5.93. The quantitative estimate of drug-likeness (QED) is 0.795. The smallest absolute Gasteiger partial charge is 0.276 e. The molecule has 1 atom stereocenters. The summed E-state index contributed by atoms with van der Waals surface area (Å²) in [4.78, 5) is 27.2. The summed E-state index contributed by atoms with van der Waals surface area (Å²) in [7, 11) is 0. The fourth-order valence-electron chi connectivity index (χ4n) is 3.75. The van der Waals surface area contributed by atoms with E-state index in [9.17, 15) is 4.79 Å². The summed E-state index contributed by atoms with van der Waals surface area (Å²) >= 11 is 0. The number of fused-ring (bicyclic) bond motifs is 1. The van der Waals surface area contributed by atoms with Crippen molar-refractivity contribution in [3.05, 3.63) is 47.9 Å². The van der Waals surface area contributed by atoms with E-state index >= 15 is 0 Å². The Morgan fingerprint density at radius 1 is 1.20 bits per heavy atom. The van der Waals surface area contributed by atoms with Crippen molar-refractivity contribution in [2.24, 2.45) is 0 Å². The van der Waals surface area contributed by atoms with Crippen LogP contribution >= 0.6 is 0 Å². The number of nitrogens with zero attached hydrogens (tertiary/aromatic N) is 3. The Kier molecular flexibility index (Phi) is 3.36. The van der Waals surface area contributed by atoms with Crippen molar-refractivity contribution in [2.75, 3.05) is 13.1 Å². The van der Waals surface area contributed by atoms with Crippen LogP contribution in [-0.2, 0) is 0 Å². The Morgan fingerprint density at radius 2 is 2.08 bits per heavy atom. The number of aromatic nitrogens is 3. The van der Waals surface area contributed by atoms with Crippen molar-refractivity contribution < 1.29 is 9.21 Å². The molecule has 6 nitrogen and oxygen atoms in total. The van der Waals surface area contributed by atoms with Gasteiger partial charge in [0.2, 0.25) is 0 Å². The molecule has 3 aromatic rings. The molecule has 1 amide bonds. The number of benzene rings is 1. The number of para-hydroxylation sites is 2. The molecule has 0 unspecified atom stereocenters. The van der Waals surface area contributed by atoms with E-state index in [0.29, 0.717) is 18.2 Å². The van der Waals surface area contributed by atoms with Gasteiger partial charge in [-0.25, -0.2) is 9.97 Å². The molecule has 2 aliphatic rings. The van der Waals surface area contributed by atoms with Crippen molar-refractivity contribution in [1.29, 1.82) is 0 Å². The molecule has 6 heteroatoms. The van der Waals surface area contributed by atoms with Gasteiger partial charge in [0.1, 0.15) is 11.6 Å². The summed E-state index contributed by atoms with van der Waals surface area (Å²) in [5, 5.41) is 0. The molecule has 5 rings (SSSR count). The molecular formula is C19H20N4O2. The molecule has 2 aromatic heterocycles. The zero-order chi connectivity index (χ0) is 16.8. The Balaban J connectivity index is 1.38. The van der Waals surface area contributed by atoms with Crippen molar-refractivity contribution in [3.63, 3.8) is 0 Å². The third-order valence-electron chi connectivity index (χ3n) is 5.25. The van der Waals surface area contributed by atoms with E-state index < -0.39 is 0 Å². The van der Waals surface area contributed by atoms with Gasteiger partial charge in [-0.2, -0.15) is 0 Å². The lowest BCUT2D eigenvalue weighted by molar-refractivity contribution is 0.0697. The van der Waals surface area contributed by atoms with Crippen LogP contribution in [0.1, 0.15) is 59.6 Å². The second-order valence-electron chi connectivity index (χ2n) is 7.07. The van der Waals surface area contributed by atoms with E-state index in [-0.39, 0.29) is 11.8 Å². The van der Waals surface area contributed by atoms with Crippen LogP contribution in [0.15, 0.2) is 35.1 Å². The Bertz CT molecular complexity index is 891. The Morgan fingerprint density at radius 3 is 2.92 bits per heavy atom. The van der Waals surface area contributed by atoms with Crippen LogP contribution in [0.3, 0.4) is 0 Å². The van der Waals surface area contributed by atoms with Gasteiger partial charge in [-0.1, -0.05) is 12.1 Å². The van der Waals surface area contributed by atoms with Crippen molar-refractivity contribution in [2.45, 2.75) is 37.5 Å². The molecule has 0 radical (unpaired) electrons. The van der Waals surface area contributed by atoms with Crippen LogP contribution < -0.4 is 0 Å². The summed E-state index contributed by atoms with van der Waals surface area (Å²) < 4.78 is 5.47. The van der Waals surface area contributed by atoms with Crippen LogP contribution in [-0.4, -0.2) is 38.8 Å². The normalized spacial score (nSPS) is 21.0. The lowest BCUT2D eigenvalue weighted by Gasteiger charge is -2.31. The number of hydrogen-bond donors (Lipinski definition) is 1. The minimum Gasteiger partial charge on any atom is -0.447 e. The molecule has 1 aliphatic heterocycles. The lowest BCUT2D eigenvalue weighted by Crippen LogP contribution is -2.39. The fraction of sp³-hybridized carbons (Fsp3) is 0.421. The predicted octanol–water partition coefficient (Wildman–Crippen LogP) is 3.45. The van der Waals surface area contributed by atoms with Gasteiger partial charge in [0.05, 0.1) is 11.0 Å². The number of carbonyl (C=O) groups is 1. The zero-order valence-corrected chi connectivity index (χ0v) is 13.9. The molecule has 1 saturated heterocycles. The number of likely N-dealkylation sites (tertiary alicyclic amines) is 1. The average molecular weight is 336 g/mol. The predicted molar refractivity (Wildman–Crippen MR) is 92.5 cm³/mol. The van der Waals surface area contributed by atoms with Crippen LogP contribution in [0.5, 0.6) is 0 Å². The van der Waals surface area contributed by atoms with E-state index in [1.807, 2.05) is 29.2 Å². The summed E-state index contributed by atoms with van der Waals surface area (Å²) in [6.07, 6.45) is 5.61. The third-order valence-corrected chi connectivity index (χ3v) is 5.25. The minimum atomic E-state index is -0.00328. The number of nitrogens with one attached hydrogen (secondary N) is 1. The molecule has 0 bridgehead atoms. The largest absolute Gasteiger partial charge is 0.447 e. The molecule has 25 heavy (non-hydrogen) atoms.